The topological polar surface area (TPSA) is 15.3 Å². The standard InChI is InChI=1S/C15H25BrN2S/c1-11(2)17-9-12-6-4-5-7-18(3)15(12)14-8-13(16)10-19-14/h8,10-12,15,17H,4-7,9H2,1-3H3. The molecule has 2 heterocycles. The van der Waals surface area contributed by atoms with Crippen LogP contribution in [0.5, 0.6) is 0 Å². The highest BCUT2D eigenvalue weighted by Crippen LogP contribution is 2.38. The molecule has 108 valence electrons. The minimum Gasteiger partial charge on any atom is -0.314 e. The van der Waals surface area contributed by atoms with Crippen LogP contribution in [0.1, 0.15) is 44.0 Å². The second kappa shape index (κ2) is 7.21. The molecule has 2 nitrogen and oxygen atoms in total. The van der Waals surface area contributed by atoms with Crippen molar-refractivity contribution in [3.05, 3.63) is 20.8 Å². The Balaban J connectivity index is 2.15. The van der Waals surface area contributed by atoms with Crippen molar-refractivity contribution >= 4 is 27.3 Å². The number of hydrogen-bond donors (Lipinski definition) is 1. The van der Waals surface area contributed by atoms with Crippen molar-refractivity contribution in [3.63, 3.8) is 0 Å². The van der Waals surface area contributed by atoms with Gasteiger partial charge in [-0.1, -0.05) is 20.3 Å². The molecule has 0 aromatic carbocycles. The highest BCUT2D eigenvalue weighted by atomic mass is 79.9. The Morgan fingerprint density at radius 2 is 2.26 bits per heavy atom. The summed E-state index contributed by atoms with van der Waals surface area (Å²) in [6, 6.07) is 3.45. The molecule has 2 rings (SSSR count). The lowest BCUT2D eigenvalue weighted by Crippen LogP contribution is -2.36. The van der Waals surface area contributed by atoms with Crippen molar-refractivity contribution in [2.24, 2.45) is 5.92 Å². The first-order valence-corrected chi connectivity index (χ1v) is 8.92. The Hall–Kier alpha value is 0.1000. The van der Waals surface area contributed by atoms with Gasteiger partial charge in [0.05, 0.1) is 0 Å². The van der Waals surface area contributed by atoms with Gasteiger partial charge in [-0.05, 0) is 54.3 Å². The van der Waals surface area contributed by atoms with Crippen LogP contribution in [0.3, 0.4) is 0 Å². The Morgan fingerprint density at radius 1 is 1.47 bits per heavy atom. The van der Waals surface area contributed by atoms with Crippen LogP contribution in [-0.2, 0) is 0 Å². The van der Waals surface area contributed by atoms with Gasteiger partial charge in [-0.3, -0.25) is 4.90 Å². The summed E-state index contributed by atoms with van der Waals surface area (Å²) >= 11 is 5.49. The molecule has 1 N–H and O–H groups in total. The van der Waals surface area contributed by atoms with Crippen LogP contribution in [0.25, 0.3) is 0 Å². The van der Waals surface area contributed by atoms with Crippen LogP contribution >= 0.6 is 27.3 Å². The zero-order valence-corrected chi connectivity index (χ0v) is 14.6. The molecule has 1 aromatic heterocycles. The van der Waals surface area contributed by atoms with Crippen molar-refractivity contribution in [1.29, 1.82) is 0 Å². The van der Waals surface area contributed by atoms with E-state index >= 15 is 0 Å². The smallest absolute Gasteiger partial charge is 0.0479 e. The molecule has 0 aliphatic carbocycles. The molecule has 2 atom stereocenters. The molecule has 1 fully saturated rings. The molecule has 1 aliphatic heterocycles. The maximum atomic E-state index is 3.64. The number of halogens is 1. The predicted octanol–water partition coefficient (Wildman–Crippen LogP) is 4.28. The van der Waals surface area contributed by atoms with E-state index in [1.165, 1.54) is 35.2 Å². The van der Waals surface area contributed by atoms with E-state index < -0.39 is 0 Å². The average molecular weight is 345 g/mol. The molecule has 0 amide bonds. The van der Waals surface area contributed by atoms with Gasteiger partial charge < -0.3 is 5.32 Å². The molecule has 0 radical (unpaired) electrons. The molecule has 1 aromatic rings. The zero-order valence-electron chi connectivity index (χ0n) is 12.2. The molecule has 0 spiro atoms. The summed E-state index contributed by atoms with van der Waals surface area (Å²) in [6.07, 6.45) is 4.03. The summed E-state index contributed by atoms with van der Waals surface area (Å²) in [5.41, 5.74) is 0. The maximum absolute atomic E-state index is 3.64. The fraction of sp³-hybridized carbons (Fsp3) is 0.733. The summed E-state index contributed by atoms with van der Waals surface area (Å²) < 4.78 is 1.22. The molecule has 2 unspecified atom stereocenters. The van der Waals surface area contributed by atoms with Crippen LogP contribution in [0.15, 0.2) is 15.9 Å². The van der Waals surface area contributed by atoms with E-state index in [1.807, 2.05) is 11.3 Å². The quantitative estimate of drug-likeness (QED) is 0.876. The summed E-state index contributed by atoms with van der Waals surface area (Å²) in [5.74, 6) is 0.723. The third-order valence-corrected chi connectivity index (χ3v) is 5.69. The molecular weight excluding hydrogens is 320 g/mol. The molecule has 19 heavy (non-hydrogen) atoms. The molecule has 0 saturated carbocycles. The Morgan fingerprint density at radius 3 is 2.89 bits per heavy atom. The summed E-state index contributed by atoms with van der Waals surface area (Å²) in [6.45, 7) is 6.81. The molecule has 1 saturated heterocycles. The van der Waals surface area contributed by atoms with Crippen molar-refractivity contribution in [3.8, 4) is 0 Å². The number of rotatable bonds is 4. The van der Waals surface area contributed by atoms with Crippen LogP contribution in [0, 0.1) is 5.92 Å². The molecule has 0 bridgehead atoms. The zero-order chi connectivity index (χ0) is 13.8. The largest absolute Gasteiger partial charge is 0.314 e. The third kappa shape index (κ3) is 4.28. The van der Waals surface area contributed by atoms with Gasteiger partial charge in [-0.2, -0.15) is 0 Å². The highest BCUT2D eigenvalue weighted by molar-refractivity contribution is 9.10. The van der Waals surface area contributed by atoms with Gasteiger partial charge in [-0.15, -0.1) is 11.3 Å². The molecule has 1 aliphatic rings. The van der Waals surface area contributed by atoms with Crippen molar-refractivity contribution in [2.45, 2.75) is 45.2 Å². The Bertz CT molecular complexity index is 391. The third-order valence-electron chi connectivity index (χ3n) is 3.92. The monoisotopic (exact) mass is 344 g/mol. The van der Waals surface area contributed by atoms with Crippen molar-refractivity contribution in [1.82, 2.24) is 10.2 Å². The number of nitrogens with one attached hydrogen (secondary N) is 1. The number of likely N-dealkylation sites (tertiary alicyclic amines) is 1. The van der Waals surface area contributed by atoms with E-state index in [2.05, 4.69) is 58.5 Å². The van der Waals surface area contributed by atoms with Crippen LogP contribution in [0.4, 0.5) is 0 Å². The highest BCUT2D eigenvalue weighted by Gasteiger charge is 2.29. The van der Waals surface area contributed by atoms with Gasteiger partial charge in [0.25, 0.3) is 0 Å². The fourth-order valence-corrected chi connectivity index (χ4v) is 4.66. The van der Waals surface area contributed by atoms with Gasteiger partial charge in [0.15, 0.2) is 0 Å². The fourth-order valence-electron chi connectivity index (χ4n) is 2.96. The van der Waals surface area contributed by atoms with Crippen LogP contribution in [-0.4, -0.2) is 31.1 Å². The lowest BCUT2D eigenvalue weighted by molar-refractivity contribution is 0.190. The van der Waals surface area contributed by atoms with Gasteiger partial charge in [-0.25, -0.2) is 0 Å². The first-order valence-electron chi connectivity index (χ1n) is 7.25. The van der Waals surface area contributed by atoms with Crippen LogP contribution < -0.4 is 5.32 Å². The van der Waals surface area contributed by atoms with E-state index in [9.17, 15) is 0 Å². The lowest BCUT2D eigenvalue weighted by Gasteiger charge is -2.32. The first kappa shape index (κ1) is 15.5. The van der Waals surface area contributed by atoms with E-state index in [0.717, 1.165) is 12.5 Å². The predicted molar refractivity (Wildman–Crippen MR) is 87.9 cm³/mol. The van der Waals surface area contributed by atoms with Crippen LogP contribution in [0.2, 0.25) is 0 Å². The maximum Gasteiger partial charge on any atom is 0.0479 e. The second-order valence-corrected chi connectivity index (χ2v) is 7.77. The molecule has 4 heteroatoms. The Labute approximate surface area is 129 Å². The lowest BCUT2D eigenvalue weighted by atomic mass is 9.93. The minimum absolute atomic E-state index is 0.573. The summed E-state index contributed by atoms with van der Waals surface area (Å²) in [7, 11) is 2.28. The van der Waals surface area contributed by atoms with Crippen molar-refractivity contribution in [2.75, 3.05) is 20.1 Å². The molecular formula is C15H25BrN2S. The SMILES string of the molecule is CC(C)NCC1CCCCN(C)C1c1cc(Br)cs1. The average Bonchev–Trinajstić information content (AvgIpc) is 2.67. The summed E-state index contributed by atoms with van der Waals surface area (Å²) in [5, 5.41) is 5.85. The van der Waals surface area contributed by atoms with Gasteiger partial charge >= 0.3 is 0 Å². The minimum atomic E-state index is 0.573. The van der Waals surface area contributed by atoms with E-state index in [1.54, 1.807) is 0 Å². The van der Waals surface area contributed by atoms with Gasteiger partial charge in [0, 0.05) is 33.4 Å². The van der Waals surface area contributed by atoms with Crippen molar-refractivity contribution < 1.29 is 0 Å². The normalized spacial score (nSPS) is 25.7. The number of nitrogens with zero attached hydrogens (tertiary/aromatic N) is 1. The Kier molecular flexibility index (Phi) is 5.87. The number of hydrogen-bond acceptors (Lipinski definition) is 3. The van der Waals surface area contributed by atoms with E-state index in [4.69, 9.17) is 0 Å². The number of thiophene rings is 1. The van der Waals surface area contributed by atoms with E-state index in [-0.39, 0.29) is 0 Å². The second-order valence-electron chi connectivity index (χ2n) is 5.91. The first-order chi connectivity index (χ1) is 9.08. The summed E-state index contributed by atoms with van der Waals surface area (Å²) in [4.78, 5) is 4.06. The van der Waals surface area contributed by atoms with Gasteiger partial charge in [0.1, 0.15) is 0 Å². The van der Waals surface area contributed by atoms with E-state index in [0.29, 0.717) is 12.1 Å². The van der Waals surface area contributed by atoms with Gasteiger partial charge in [0.2, 0.25) is 0 Å².